The van der Waals surface area contributed by atoms with Crippen LogP contribution in [0.2, 0.25) is 0 Å². The topological polar surface area (TPSA) is 81.3 Å². The van der Waals surface area contributed by atoms with Crippen LogP contribution in [-0.4, -0.2) is 23.0 Å². The number of carbonyl (C=O) groups excluding carboxylic acids is 1. The first-order valence-electron chi connectivity index (χ1n) is 8.03. The van der Waals surface area contributed by atoms with Crippen LogP contribution in [0.5, 0.6) is 5.75 Å². The number of halogens is 1. The number of hydrogen-bond acceptors (Lipinski definition) is 5. The van der Waals surface area contributed by atoms with Crippen LogP contribution < -0.4 is 10.3 Å². The summed E-state index contributed by atoms with van der Waals surface area (Å²) in [5.41, 5.74) is 0.769. The van der Waals surface area contributed by atoms with Gasteiger partial charge in [0.15, 0.2) is 0 Å². The zero-order valence-electron chi connectivity index (χ0n) is 14.1. The smallest absolute Gasteiger partial charge is 0.306 e. The van der Waals surface area contributed by atoms with E-state index in [0.717, 1.165) is 0 Å². The van der Waals surface area contributed by atoms with Crippen molar-refractivity contribution in [2.45, 2.75) is 19.4 Å². The Morgan fingerprint density at radius 2 is 2.04 bits per heavy atom. The second-order valence-electron chi connectivity index (χ2n) is 5.65. The number of methoxy groups -OCH3 is 1. The fourth-order valence-electron chi connectivity index (χ4n) is 2.56. The lowest BCUT2D eigenvalue weighted by Gasteiger charge is -2.09. The van der Waals surface area contributed by atoms with Crippen molar-refractivity contribution in [1.29, 1.82) is 0 Å². The number of hydrogen-bond donors (Lipinski definition) is 1. The van der Waals surface area contributed by atoms with Crippen molar-refractivity contribution in [3.05, 3.63) is 70.0 Å². The molecule has 7 heteroatoms. The van der Waals surface area contributed by atoms with E-state index in [0.29, 0.717) is 28.0 Å². The van der Waals surface area contributed by atoms with E-state index in [-0.39, 0.29) is 25.0 Å². The quantitative estimate of drug-likeness (QED) is 0.687. The summed E-state index contributed by atoms with van der Waals surface area (Å²) in [6.07, 6.45) is 0.276. The van der Waals surface area contributed by atoms with Gasteiger partial charge in [-0.2, -0.15) is 0 Å². The van der Waals surface area contributed by atoms with Gasteiger partial charge in [0.05, 0.1) is 24.4 Å². The first-order chi connectivity index (χ1) is 12.6. The van der Waals surface area contributed by atoms with Crippen LogP contribution in [0.15, 0.2) is 47.3 Å². The number of aromatic nitrogens is 2. The van der Waals surface area contributed by atoms with Crippen LogP contribution in [0.3, 0.4) is 0 Å². The third-order valence-corrected chi connectivity index (χ3v) is 3.86. The summed E-state index contributed by atoms with van der Waals surface area (Å²) in [5.74, 6) is -0.0596. The molecule has 0 radical (unpaired) electrons. The van der Waals surface area contributed by atoms with Crippen LogP contribution in [0, 0.1) is 5.82 Å². The second kappa shape index (κ2) is 7.77. The number of benzene rings is 2. The summed E-state index contributed by atoms with van der Waals surface area (Å²) < 4.78 is 23.6. The molecule has 0 aliphatic heterocycles. The fourth-order valence-corrected chi connectivity index (χ4v) is 2.56. The molecule has 0 bridgehead atoms. The first kappa shape index (κ1) is 17.6. The molecule has 26 heavy (non-hydrogen) atoms. The first-order valence-corrected chi connectivity index (χ1v) is 8.03. The summed E-state index contributed by atoms with van der Waals surface area (Å²) >= 11 is 0. The highest BCUT2D eigenvalue weighted by Gasteiger charge is 2.10. The Morgan fingerprint density at radius 1 is 1.23 bits per heavy atom. The Labute approximate surface area is 148 Å². The minimum absolute atomic E-state index is 0.0406. The molecular weight excluding hydrogens is 339 g/mol. The van der Waals surface area contributed by atoms with Crippen LogP contribution in [0.4, 0.5) is 4.39 Å². The van der Waals surface area contributed by atoms with Crippen LogP contribution >= 0.6 is 0 Å². The van der Waals surface area contributed by atoms with Crippen LogP contribution in [0.1, 0.15) is 17.8 Å². The zero-order valence-corrected chi connectivity index (χ0v) is 14.1. The lowest BCUT2D eigenvalue weighted by molar-refractivity contribution is -0.145. The van der Waals surface area contributed by atoms with E-state index in [2.05, 4.69) is 9.97 Å². The van der Waals surface area contributed by atoms with Gasteiger partial charge in [0.1, 0.15) is 24.0 Å². The lowest BCUT2D eigenvalue weighted by Crippen LogP contribution is -2.14. The van der Waals surface area contributed by atoms with Crippen molar-refractivity contribution in [1.82, 2.24) is 9.97 Å². The van der Waals surface area contributed by atoms with Crippen molar-refractivity contribution in [3.63, 3.8) is 0 Å². The molecule has 0 spiro atoms. The Morgan fingerprint density at radius 3 is 2.85 bits per heavy atom. The highest BCUT2D eigenvalue weighted by molar-refractivity contribution is 5.77. The number of esters is 1. The molecule has 3 rings (SSSR count). The lowest BCUT2D eigenvalue weighted by atomic mass is 10.2. The largest absolute Gasteiger partial charge is 0.496 e. The summed E-state index contributed by atoms with van der Waals surface area (Å²) in [4.78, 5) is 30.9. The zero-order chi connectivity index (χ0) is 18.5. The third kappa shape index (κ3) is 4.05. The Bertz CT molecular complexity index is 1000. The molecule has 2 aromatic carbocycles. The minimum atomic E-state index is -0.480. The average Bonchev–Trinajstić information content (AvgIpc) is 2.65. The monoisotopic (exact) mass is 356 g/mol. The summed E-state index contributed by atoms with van der Waals surface area (Å²) in [5, 5.41) is 0.497. The minimum Gasteiger partial charge on any atom is -0.496 e. The van der Waals surface area contributed by atoms with E-state index < -0.39 is 11.8 Å². The number of aryl methyl sites for hydroxylation is 1. The Balaban J connectivity index is 1.61. The normalized spacial score (nSPS) is 10.7. The van der Waals surface area contributed by atoms with E-state index in [1.54, 1.807) is 24.3 Å². The predicted octanol–water partition coefficient (Wildman–Crippen LogP) is 2.75. The standard InChI is InChI=1S/C19H17FN2O4/c1-25-16-7-6-13(20)10-12(16)11-26-18(23)9-8-17-21-15-5-3-2-4-14(15)19(24)22-17/h2-7,10H,8-9,11H2,1H3,(H,21,22,24). The Kier molecular flexibility index (Phi) is 5.26. The van der Waals surface area contributed by atoms with Gasteiger partial charge in [-0.3, -0.25) is 9.59 Å². The van der Waals surface area contributed by atoms with Crippen molar-refractivity contribution in [2.75, 3.05) is 7.11 Å². The molecule has 0 aliphatic carbocycles. The molecule has 1 heterocycles. The van der Waals surface area contributed by atoms with E-state index in [4.69, 9.17) is 9.47 Å². The molecule has 3 aromatic rings. The van der Waals surface area contributed by atoms with Crippen LogP contribution in [0.25, 0.3) is 10.9 Å². The molecule has 0 aliphatic rings. The van der Waals surface area contributed by atoms with Crippen molar-refractivity contribution in [2.24, 2.45) is 0 Å². The molecule has 134 valence electrons. The van der Waals surface area contributed by atoms with Gasteiger partial charge in [0.25, 0.3) is 5.56 Å². The van der Waals surface area contributed by atoms with Gasteiger partial charge in [0.2, 0.25) is 0 Å². The van der Waals surface area contributed by atoms with Gasteiger partial charge in [-0.25, -0.2) is 9.37 Å². The molecule has 0 amide bonds. The van der Waals surface area contributed by atoms with Crippen molar-refractivity contribution < 1.29 is 18.7 Å². The van der Waals surface area contributed by atoms with Gasteiger partial charge in [-0.05, 0) is 30.3 Å². The number of carbonyl (C=O) groups is 1. The van der Waals surface area contributed by atoms with E-state index >= 15 is 0 Å². The molecule has 0 saturated heterocycles. The number of ether oxygens (including phenoxy) is 2. The molecule has 0 atom stereocenters. The highest BCUT2D eigenvalue weighted by Crippen LogP contribution is 2.20. The molecule has 0 unspecified atom stereocenters. The summed E-state index contributed by atoms with van der Waals surface area (Å²) in [6.45, 7) is -0.0958. The maximum absolute atomic E-state index is 13.3. The highest BCUT2D eigenvalue weighted by atomic mass is 19.1. The van der Waals surface area contributed by atoms with Gasteiger partial charge < -0.3 is 14.5 Å². The van der Waals surface area contributed by atoms with Gasteiger partial charge >= 0.3 is 5.97 Å². The number of fused-ring (bicyclic) bond motifs is 1. The second-order valence-corrected chi connectivity index (χ2v) is 5.65. The van der Waals surface area contributed by atoms with Crippen molar-refractivity contribution >= 4 is 16.9 Å². The van der Waals surface area contributed by atoms with E-state index in [1.807, 2.05) is 0 Å². The number of rotatable bonds is 6. The molecule has 6 nitrogen and oxygen atoms in total. The molecule has 1 aromatic heterocycles. The van der Waals surface area contributed by atoms with E-state index in [9.17, 15) is 14.0 Å². The number of para-hydroxylation sites is 1. The fraction of sp³-hybridized carbons (Fsp3) is 0.211. The average molecular weight is 356 g/mol. The predicted molar refractivity (Wildman–Crippen MR) is 93.4 cm³/mol. The van der Waals surface area contributed by atoms with Gasteiger partial charge in [0, 0.05) is 12.0 Å². The SMILES string of the molecule is COc1ccc(F)cc1COC(=O)CCc1nc2ccccc2c(=O)[nH]1. The number of nitrogens with zero attached hydrogens (tertiary/aromatic N) is 1. The van der Waals surface area contributed by atoms with Crippen LogP contribution in [-0.2, 0) is 22.6 Å². The summed E-state index contributed by atoms with van der Waals surface area (Å²) in [6, 6.07) is 11.0. The summed E-state index contributed by atoms with van der Waals surface area (Å²) in [7, 11) is 1.46. The van der Waals surface area contributed by atoms with Gasteiger partial charge in [-0.1, -0.05) is 12.1 Å². The maximum Gasteiger partial charge on any atom is 0.306 e. The Hall–Kier alpha value is -3.22. The van der Waals surface area contributed by atoms with E-state index in [1.165, 1.54) is 25.3 Å². The molecule has 0 saturated carbocycles. The molecular formula is C19H17FN2O4. The third-order valence-electron chi connectivity index (χ3n) is 3.86. The van der Waals surface area contributed by atoms with Gasteiger partial charge in [-0.15, -0.1) is 0 Å². The number of nitrogens with one attached hydrogen (secondary N) is 1. The maximum atomic E-state index is 13.3. The number of H-pyrrole nitrogens is 1. The van der Waals surface area contributed by atoms with Crippen molar-refractivity contribution in [3.8, 4) is 5.75 Å². The molecule has 1 N–H and O–H groups in total. The molecule has 0 fully saturated rings. The number of aromatic amines is 1.